The number of ether oxygens (including phenoxy) is 1. The smallest absolute Gasteiger partial charge is 0.410 e. The molecule has 148 valence electrons. The number of rotatable bonds is 5. The minimum Gasteiger partial charge on any atom is -0.410 e. The molecule has 1 aliphatic rings. The Morgan fingerprint density at radius 1 is 1.07 bits per heavy atom. The second kappa shape index (κ2) is 8.89. The van der Waals surface area contributed by atoms with Crippen molar-refractivity contribution in [3.63, 3.8) is 0 Å². The van der Waals surface area contributed by atoms with E-state index in [1.54, 1.807) is 32.3 Å². The molecule has 0 bridgehead atoms. The molecule has 0 radical (unpaired) electrons. The third-order valence-electron chi connectivity index (χ3n) is 5.09. The van der Waals surface area contributed by atoms with Gasteiger partial charge >= 0.3 is 6.09 Å². The first kappa shape index (κ1) is 19.9. The second-order valence-corrected chi connectivity index (χ2v) is 7.44. The van der Waals surface area contributed by atoms with E-state index < -0.39 is 11.5 Å². The zero-order valence-corrected chi connectivity index (χ0v) is 16.4. The molecule has 0 atom stereocenters. The van der Waals surface area contributed by atoms with Gasteiger partial charge in [-0.3, -0.25) is 4.79 Å². The highest BCUT2D eigenvalue weighted by Crippen LogP contribution is 2.35. The summed E-state index contributed by atoms with van der Waals surface area (Å²) in [7, 11) is 3.25. The van der Waals surface area contributed by atoms with Crippen LogP contribution in [-0.4, -0.2) is 44.1 Å². The van der Waals surface area contributed by atoms with Crippen LogP contribution in [0.1, 0.15) is 18.4 Å². The Morgan fingerprint density at radius 2 is 1.79 bits per heavy atom. The molecular formula is C22H27N3O3. The molecule has 0 saturated carbocycles. The summed E-state index contributed by atoms with van der Waals surface area (Å²) in [5.41, 5.74) is 1.33. The normalized spacial score (nSPS) is 15.5. The molecule has 2 aromatic rings. The highest BCUT2D eigenvalue weighted by atomic mass is 16.6. The van der Waals surface area contributed by atoms with Gasteiger partial charge in [0.25, 0.3) is 0 Å². The Balaban J connectivity index is 1.76. The predicted molar refractivity (Wildman–Crippen MR) is 109 cm³/mol. The first-order valence-corrected chi connectivity index (χ1v) is 9.54. The van der Waals surface area contributed by atoms with Gasteiger partial charge in [-0.15, -0.1) is 0 Å². The molecule has 0 aliphatic carbocycles. The Hall–Kier alpha value is -2.86. The molecular weight excluding hydrogens is 354 g/mol. The molecule has 2 aromatic carbocycles. The summed E-state index contributed by atoms with van der Waals surface area (Å²) < 4.78 is 5.29. The first-order chi connectivity index (χ1) is 13.5. The lowest BCUT2D eigenvalue weighted by Crippen LogP contribution is -2.46. The van der Waals surface area contributed by atoms with Crippen molar-refractivity contribution in [3.8, 4) is 5.75 Å². The van der Waals surface area contributed by atoms with Crippen LogP contribution in [0.3, 0.4) is 0 Å². The van der Waals surface area contributed by atoms with E-state index in [1.807, 2.05) is 24.3 Å². The topological polar surface area (TPSA) is 70.7 Å². The molecule has 0 aromatic heterocycles. The molecule has 6 nitrogen and oxygen atoms in total. The van der Waals surface area contributed by atoms with Crippen LogP contribution >= 0.6 is 0 Å². The number of hydrogen-bond donors (Lipinski definition) is 2. The largest absolute Gasteiger partial charge is 0.414 e. The van der Waals surface area contributed by atoms with E-state index in [0.717, 1.165) is 31.5 Å². The number of carbonyl (C=O) groups excluding carboxylic acids is 2. The molecule has 0 unspecified atom stereocenters. The van der Waals surface area contributed by atoms with E-state index in [0.29, 0.717) is 17.9 Å². The third kappa shape index (κ3) is 4.89. The van der Waals surface area contributed by atoms with Crippen molar-refractivity contribution in [1.82, 2.24) is 10.2 Å². The van der Waals surface area contributed by atoms with Crippen LogP contribution in [0.25, 0.3) is 0 Å². The van der Waals surface area contributed by atoms with Crippen molar-refractivity contribution in [3.05, 3.63) is 60.2 Å². The number of piperidine rings is 1. The second-order valence-electron chi connectivity index (χ2n) is 7.44. The van der Waals surface area contributed by atoms with Gasteiger partial charge in [0.05, 0.1) is 5.41 Å². The van der Waals surface area contributed by atoms with Crippen molar-refractivity contribution < 1.29 is 14.3 Å². The van der Waals surface area contributed by atoms with Crippen LogP contribution < -0.4 is 15.4 Å². The fourth-order valence-corrected chi connectivity index (χ4v) is 3.47. The molecule has 6 heteroatoms. The summed E-state index contributed by atoms with van der Waals surface area (Å²) in [4.78, 5) is 26.4. The Bertz CT molecular complexity index is 815. The van der Waals surface area contributed by atoms with Crippen molar-refractivity contribution in [2.24, 2.45) is 5.41 Å². The molecule has 2 N–H and O–H groups in total. The lowest BCUT2D eigenvalue weighted by Gasteiger charge is -2.36. The van der Waals surface area contributed by atoms with Crippen LogP contribution in [0.2, 0.25) is 0 Å². The van der Waals surface area contributed by atoms with Gasteiger partial charge in [-0.25, -0.2) is 4.79 Å². The van der Waals surface area contributed by atoms with Crippen molar-refractivity contribution in [2.45, 2.75) is 19.3 Å². The van der Waals surface area contributed by atoms with Crippen LogP contribution in [0.4, 0.5) is 10.5 Å². The van der Waals surface area contributed by atoms with Gasteiger partial charge in [0, 0.05) is 25.8 Å². The van der Waals surface area contributed by atoms with Gasteiger partial charge in [-0.05, 0) is 50.0 Å². The monoisotopic (exact) mass is 381 g/mol. The van der Waals surface area contributed by atoms with Crippen LogP contribution in [-0.2, 0) is 11.2 Å². The Kier molecular flexibility index (Phi) is 6.31. The summed E-state index contributed by atoms with van der Waals surface area (Å²) >= 11 is 0. The summed E-state index contributed by atoms with van der Waals surface area (Å²) in [5.74, 6) is 0.410. The summed E-state index contributed by atoms with van der Waals surface area (Å²) in [6.07, 6.45) is 1.81. The minimum absolute atomic E-state index is 0.00828. The summed E-state index contributed by atoms with van der Waals surface area (Å²) in [6.45, 7) is 1.64. The van der Waals surface area contributed by atoms with Crippen molar-refractivity contribution >= 4 is 17.7 Å². The number of carbonyl (C=O) groups is 2. The van der Waals surface area contributed by atoms with Crippen LogP contribution in [0, 0.1) is 5.41 Å². The maximum Gasteiger partial charge on any atom is 0.414 e. The average Bonchev–Trinajstić information content (AvgIpc) is 2.69. The SMILES string of the molecule is CN(C)C(=O)Oc1cccc(NC(=O)C2(Cc3ccccc3)CCNCC2)c1. The lowest BCUT2D eigenvalue weighted by atomic mass is 9.73. The minimum atomic E-state index is -0.456. The number of hydrogen-bond acceptors (Lipinski definition) is 4. The summed E-state index contributed by atoms with van der Waals surface area (Å²) in [5, 5.41) is 6.39. The fraction of sp³-hybridized carbons (Fsp3) is 0.364. The molecule has 1 saturated heterocycles. The van der Waals surface area contributed by atoms with E-state index in [-0.39, 0.29) is 5.91 Å². The van der Waals surface area contributed by atoms with Crippen molar-refractivity contribution in [1.29, 1.82) is 0 Å². The van der Waals surface area contributed by atoms with Gasteiger partial charge in [-0.1, -0.05) is 36.4 Å². The summed E-state index contributed by atoms with van der Waals surface area (Å²) in [6, 6.07) is 17.1. The molecule has 1 aliphatic heterocycles. The molecule has 2 amide bonds. The molecule has 28 heavy (non-hydrogen) atoms. The van der Waals surface area contributed by atoms with E-state index >= 15 is 0 Å². The van der Waals surface area contributed by atoms with Gasteiger partial charge in [0.1, 0.15) is 5.75 Å². The zero-order chi connectivity index (χ0) is 20.0. The quantitative estimate of drug-likeness (QED) is 0.834. The number of nitrogens with one attached hydrogen (secondary N) is 2. The predicted octanol–water partition coefficient (Wildman–Crippen LogP) is 3.30. The van der Waals surface area contributed by atoms with Gasteiger partial charge in [0.2, 0.25) is 5.91 Å². The molecule has 3 rings (SSSR count). The molecule has 1 heterocycles. The van der Waals surface area contributed by atoms with Crippen LogP contribution in [0.5, 0.6) is 5.75 Å². The van der Waals surface area contributed by atoms with Crippen LogP contribution in [0.15, 0.2) is 54.6 Å². The highest BCUT2D eigenvalue weighted by molar-refractivity contribution is 5.95. The Morgan fingerprint density at radius 3 is 2.46 bits per heavy atom. The maximum absolute atomic E-state index is 13.3. The van der Waals surface area contributed by atoms with Gasteiger partial charge < -0.3 is 20.3 Å². The van der Waals surface area contributed by atoms with E-state index in [4.69, 9.17) is 4.74 Å². The fourth-order valence-electron chi connectivity index (χ4n) is 3.47. The number of amides is 2. The van der Waals surface area contributed by atoms with Gasteiger partial charge in [0.15, 0.2) is 0 Å². The maximum atomic E-state index is 13.3. The number of benzene rings is 2. The Labute approximate surface area is 165 Å². The van der Waals surface area contributed by atoms with E-state index in [2.05, 4.69) is 22.8 Å². The average molecular weight is 381 g/mol. The lowest BCUT2D eigenvalue weighted by molar-refractivity contribution is -0.127. The number of nitrogens with zero attached hydrogens (tertiary/aromatic N) is 1. The third-order valence-corrected chi connectivity index (χ3v) is 5.09. The molecule has 1 fully saturated rings. The first-order valence-electron chi connectivity index (χ1n) is 9.54. The highest BCUT2D eigenvalue weighted by Gasteiger charge is 2.39. The van der Waals surface area contributed by atoms with E-state index in [9.17, 15) is 9.59 Å². The van der Waals surface area contributed by atoms with E-state index in [1.165, 1.54) is 4.90 Å². The van der Waals surface area contributed by atoms with Crippen molar-refractivity contribution in [2.75, 3.05) is 32.5 Å². The zero-order valence-electron chi connectivity index (χ0n) is 16.4. The van der Waals surface area contributed by atoms with Gasteiger partial charge in [-0.2, -0.15) is 0 Å². The number of anilines is 1. The molecule has 0 spiro atoms. The standard InChI is InChI=1S/C22H27N3O3/c1-25(2)21(27)28-19-10-6-9-18(15-19)24-20(26)22(11-13-23-14-12-22)16-17-7-4-3-5-8-17/h3-10,15,23H,11-14,16H2,1-2H3,(H,24,26).